The molecule has 1 aromatic carbocycles. The molecule has 27 heavy (non-hydrogen) atoms. The molecule has 0 amide bonds. The number of aromatic nitrogens is 4. The topological polar surface area (TPSA) is 80.2 Å². The van der Waals surface area contributed by atoms with Crippen molar-refractivity contribution in [2.75, 3.05) is 24.6 Å². The predicted octanol–water partition coefficient (Wildman–Crippen LogP) is 3.40. The smallest absolute Gasteiger partial charge is 0.298 e. The highest BCUT2D eigenvalue weighted by atomic mass is 35.5. The summed E-state index contributed by atoms with van der Waals surface area (Å²) in [6.45, 7) is 4.67. The first kappa shape index (κ1) is 18.3. The fourth-order valence-electron chi connectivity index (χ4n) is 3.59. The highest BCUT2D eigenvalue weighted by molar-refractivity contribution is 6.31. The van der Waals surface area contributed by atoms with Gasteiger partial charge in [0.05, 0.1) is 0 Å². The Labute approximate surface area is 163 Å². The normalized spacial score (nSPS) is 15.7. The second-order valence-corrected chi connectivity index (χ2v) is 7.35. The molecular formula is C19H24ClN5O2. The molecule has 0 unspecified atom stereocenters. The quantitative estimate of drug-likeness (QED) is 0.695. The molecule has 3 aromatic rings. The monoisotopic (exact) mass is 389 g/mol. The number of oxazole rings is 1. The van der Waals surface area contributed by atoms with Gasteiger partial charge in [-0.25, -0.2) is 9.67 Å². The Morgan fingerprint density at radius 1 is 1.26 bits per heavy atom. The summed E-state index contributed by atoms with van der Waals surface area (Å²) in [5, 5.41) is 14.4. The van der Waals surface area contributed by atoms with Crippen molar-refractivity contribution in [1.29, 1.82) is 0 Å². The molecular weight excluding hydrogens is 366 g/mol. The summed E-state index contributed by atoms with van der Waals surface area (Å²) in [6, 6.07) is 6.16. The minimum atomic E-state index is 0.168. The number of anilines is 1. The van der Waals surface area contributed by atoms with Crippen LogP contribution in [0.2, 0.25) is 5.02 Å². The second kappa shape index (κ2) is 7.86. The number of piperidine rings is 1. The highest BCUT2D eigenvalue weighted by Crippen LogP contribution is 2.31. The van der Waals surface area contributed by atoms with Crippen LogP contribution in [0.5, 0.6) is 0 Å². The Morgan fingerprint density at radius 2 is 2.07 bits per heavy atom. The standard InChI is InChI=1S/C19H24ClN5O2/c1-2-17-22-18(25(23-17)8-3-11-26)13-6-9-24(10-7-13)19-21-15-5-4-14(20)12-16(15)27-19/h4-5,12-13,26H,2-3,6-11H2,1H3. The molecule has 1 aliphatic heterocycles. The summed E-state index contributed by atoms with van der Waals surface area (Å²) >= 11 is 6.03. The van der Waals surface area contributed by atoms with Crippen LogP contribution in [0.25, 0.3) is 11.1 Å². The fraction of sp³-hybridized carbons (Fsp3) is 0.526. The zero-order valence-electron chi connectivity index (χ0n) is 15.4. The number of benzene rings is 1. The van der Waals surface area contributed by atoms with Crippen molar-refractivity contribution in [3.8, 4) is 0 Å². The van der Waals surface area contributed by atoms with Gasteiger partial charge in [0.25, 0.3) is 6.01 Å². The van der Waals surface area contributed by atoms with Gasteiger partial charge in [-0.1, -0.05) is 18.5 Å². The number of aliphatic hydroxyl groups excluding tert-OH is 1. The first-order chi connectivity index (χ1) is 13.2. The van der Waals surface area contributed by atoms with Crippen LogP contribution < -0.4 is 4.90 Å². The van der Waals surface area contributed by atoms with Gasteiger partial charge in [-0.15, -0.1) is 0 Å². The lowest BCUT2D eigenvalue weighted by molar-refractivity contribution is 0.274. The van der Waals surface area contributed by atoms with Gasteiger partial charge in [-0.3, -0.25) is 0 Å². The van der Waals surface area contributed by atoms with Crippen LogP contribution in [0.4, 0.5) is 6.01 Å². The average Bonchev–Trinajstić information content (AvgIpc) is 3.30. The van der Waals surface area contributed by atoms with Crippen LogP contribution in [0.3, 0.4) is 0 Å². The summed E-state index contributed by atoms with van der Waals surface area (Å²) in [7, 11) is 0. The predicted molar refractivity (Wildman–Crippen MR) is 104 cm³/mol. The van der Waals surface area contributed by atoms with Crippen LogP contribution >= 0.6 is 11.6 Å². The van der Waals surface area contributed by atoms with E-state index in [1.807, 2.05) is 16.8 Å². The summed E-state index contributed by atoms with van der Waals surface area (Å²) in [4.78, 5) is 11.5. The van der Waals surface area contributed by atoms with Crippen LogP contribution in [0, 0.1) is 0 Å². The van der Waals surface area contributed by atoms with E-state index in [-0.39, 0.29) is 6.61 Å². The number of rotatable bonds is 6. The van der Waals surface area contributed by atoms with Gasteiger partial charge in [0.2, 0.25) is 0 Å². The van der Waals surface area contributed by atoms with Crippen molar-refractivity contribution in [1.82, 2.24) is 19.7 Å². The minimum absolute atomic E-state index is 0.168. The summed E-state index contributed by atoms with van der Waals surface area (Å²) in [6.07, 6.45) is 3.47. The lowest BCUT2D eigenvalue weighted by Gasteiger charge is -2.30. The van der Waals surface area contributed by atoms with E-state index in [0.717, 1.165) is 55.1 Å². The zero-order valence-corrected chi connectivity index (χ0v) is 16.2. The Bertz CT molecular complexity index is 914. The molecule has 0 spiro atoms. The largest absolute Gasteiger partial charge is 0.423 e. The van der Waals surface area contributed by atoms with Crippen LogP contribution in [0.1, 0.15) is 43.8 Å². The molecule has 2 aromatic heterocycles. The fourth-order valence-corrected chi connectivity index (χ4v) is 3.75. The molecule has 1 N–H and O–H groups in total. The molecule has 144 valence electrons. The summed E-state index contributed by atoms with van der Waals surface area (Å²) in [5.41, 5.74) is 1.55. The third-order valence-electron chi connectivity index (χ3n) is 5.06. The van der Waals surface area contributed by atoms with Gasteiger partial charge in [0, 0.05) is 49.7 Å². The van der Waals surface area contributed by atoms with Crippen molar-refractivity contribution in [3.63, 3.8) is 0 Å². The van der Waals surface area contributed by atoms with Crippen molar-refractivity contribution in [2.24, 2.45) is 0 Å². The SMILES string of the molecule is CCc1nc(C2CCN(c3nc4ccc(Cl)cc4o3)CC2)n(CCCO)n1. The molecule has 1 aliphatic rings. The number of hydrogen-bond acceptors (Lipinski definition) is 6. The lowest BCUT2D eigenvalue weighted by Crippen LogP contribution is -2.34. The Balaban J connectivity index is 1.47. The molecule has 1 saturated heterocycles. The summed E-state index contributed by atoms with van der Waals surface area (Å²) < 4.78 is 7.88. The maximum atomic E-state index is 9.14. The van der Waals surface area contributed by atoms with Gasteiger partial charge >= 0.3 is 0 Å². The van der Waals surface area contributed by atoms with E-state index in [4.69, 9.17) is 26.1 Å². The molecule has 0 saturated carbocycles. The van der Waals surface area contributed by atoms with E-state index in [1.54, 1.807) is 6.07 Å². The molecule has 0 atom stereocenters. The number of nitrogens with zero attached hydrogens (tertiary/aromatic N) is 5. The van der Waals surface area contributed by atoms with Gasteiger partial charge in [-0.05, 0) is 31.4 Å². The number of aryl methyl sites for hydroxylation is 2. The molecule has 0 radical (unpaired) electrons. The van der Waals surface area contributed by atoms with Crippen molar-refractivity contribution in [3.05, 3.63) is 34.9 Å². The average molecular weight is 390 g/mol. The van der Waals surface area contributed by atoms with Crippen LogP contribution in [-0.2, 0) is 13.0 Å². The highest BCUT2D eigenvalue weighted by Gasteiger charge is 2.27. The van der Waals surface area contributed by atoms with Crippen LogP contribution in [-0.4, -0.2) is 44.6 Å². The van der Waals surface area contributed by atoms with E-state index in [0.29, 0.717) is 29.9 Å². The lowest BCUT2D eigenvalue weighted by atomic mass is 9.96. The maximum absolute atomic E-state index is 9.14. The molecule has 8 heteroatoms. The second-order valence-electron chi connectivity index (χ2n) is 6.91. The molecule has 4 rings (SSSR count). The first-order valence-electron chi connectivity index (χ1n) is 9.53. The zero-order chi connectivity index (χ0) is 18.8. The number of fused-ring (bicyclic) bond motifs is 1. The Morgan fingerprint density at radius 3 is 2.81 bits per heavy atom. The number of halogens is 1. The van der Waals surface area contributed by atoms with E-state index >= 15 is 0 Å². The van der Waals surface area contributed by atoms with E-state index < -0.39 is 0 Å². The molecule has 7 nitrogen and oxygen atoms in total. The third kappa shape index (κ3) is 3.80. The van der Waals surface area contributed by atoms with Crippen LogP contribution in [0.15, 0.2) is 22.6 Å². The van der Waals surface area contributed by atoms with E-state index in [2.05, 4.69) is 21.9 Å². The third-order valence-corrected chi connectivity index (χ3v) is 5.29. The van der Waals surface area contributed by atoms with Crippen molar-refractivity contribution in [2.45, 2.75) is 45.1 Å². The number of aliphatic hydroxyl groups is 1. The van der Waals surface area contributed by atoms with Gasteiger partial charge in [0.1, 0.15) is 11.3 Å². The van der Waals surface area contributed by atoms with Crippen molar-refractivity contribution >= 4 is 28.7 Å². The maximum Gasteiger partial charge on any atom is 0.298 e. The van der Waals surface area contributed by atoms with E-state index in [1.165, 1.54) is 0 Å². The number of hydrogen-bond donors (Lipinski definition) is 1. The molecule has 3 heterocycles. The van der Waals surface area contributed by atoms with E-state index in [9.17, 15) is 0 Å². The summed E-state index contributed by atoms with van der Waals surface area (Å²) in [5.74, 6) is 2.29. The molecule has 0 bridgehead atoms. The molecule has 0 aliphatic carbocycles. The Kier molecular flexibility index (Phi) is 5.31. The molecule has 1 fully saturated rings. The van der Waals surface area contributed by atoms with Crippen molar-refractivity contribution < 1.29 is 9.52 Å². The minimum Gasteiger partial charge on any atom is -0.423 e. The van der Waals surface area contributed by atoms with Gasteiger partial charge in [0.15, 0.2) is 11.4 Å². The Hall–Kier alpha value is -2.12. The van der Waals surface area contributed by atoms with Gasteiger partial charge < -0.3 is 14.4 Å². The first-order valence-corrected chi connectivity index (χ1v) is 9.91. The van der Waals surface area contributed by atoms with Gasteiger partial charge in [-0.2, -0.15) is 10.1 Å².